The fraction of sp³-hybridized carbons (Fsp3) is 0.909. The Morgan fingerprint density at radius 1 is 1.19 bits per heavy atom. The molecule has 0 aromatic carbocycles. The first kappa shape index (κ1) is 15.8. The van der Waals surface area contributed by atoms with Crippen LogP contribution in [0.2, 0.25) is 0 Å². The minimum Gasteiger partial charge on any atom is -0.227 e. The Morgan fingerprint density at radius 3 is 2.31 bits per heavy atom. The summed E-state index contributed by atoms with van der Waals surface area (Å²) in [6.07, 6.45) is 6.09. The molecule has 0 saturated carbocycles. The zero-order valence-electron chi connectivity index (χ0n) is 10.1. The summed E-state index contributed by atoms with van der Waals surface area (Å²) in [7, 11) is -3.11. The molecule has 5 heteroatoms. The van der Waals surface area contributed by atoms with Crippen LogP contribution in [-0.4, -0.2) is 24.7 Å². The number of isothiocyanates is 1. The number of unbranched alkanes of at least 4 members (excludes halogenated alkanes) is 4. The molecular weight excluding hydrogens is 242 g/mol. The van der Waals surface area contributed by atoms with E-state index in [1.165, 1.54) is 12.8 Å². The molecule has 0 aliphatic rings. The summed E-state index contributed by atoms with van der Waals surface area (Å²) in [5, 5.41) is 1.52. The largest absolute Gasteiger partial charge is 0.227 e. The monoisotopic (exact) mass is 263 g/mol. The van der Waals surface area contributed by atoms with Crippen molar-refractivity contribution in [1.29, 1.82) is 0 Å². The second-order valence-electron chi connectivity index (χ2n) is 3.83. The van der Waals surface area contributed by atoms with Crippen LogP contribution < -0.4 is 0 Å². The van der Waals surface area contributed by atoms with E-state index in [0.29, 0.717) is 6.42 Å². The Labute approximate surface area is 104 Å². The van der Waals surface area contributed by atoms with Crippen molar-refractivity contribution in [2.24, 2.45) is 4.99 Å². The fourth-order valence-electron chi connectivity index (χ4n) is 1.50. The maximum Gasteiger partial charge on any atom is 0.173 e. The van der Waals surface area contributed by atoms with E-state index < -0.39 is 15.2 Å². The third-order valence-corrected chi connectivity index (χ3v) is 4.65. The number of hydrogen-bond donors (Lipinski definition) is 0. The molecule has 1 atom stereocenters. The Hall–Kier alpha value is -0.250. The van der Waals surface area contributed by atoms with Crippen LogP contribution in [0.25, 0.3) is 0 Å². The highest BCUT2D eigenvalue weighted by Crippen LogP contribution is 2.14. The van der Waals surface area contributed by atoms with Gasteiger partial charge < -0.3 is 0 Å². The van der Waals surface area contributed by atoms with Crippen LogP contribution in [-0.2, 0) is 9.84 Å². The molecule has 0 radical (unpaired) electrons. The Balaban J connectivity index is 4.11. The maximum atomic E-state index is 11.6. The molecule has 94 valence electrons. The highest BCUT2D eigenvalue weighted by Gasteiger charge is 2.21. The summed E-state index contributed by atoms with van der Waals surface area (Å²) >= 11 is 4.48. The lowest BCUT2D eigenvalue weighted by atomic mass is 10.1. The zero-order chi connectivity index (χ0) is 12.4. The first-order valence-electron chi connectivity index (χ1n) is 5.87. The SMILES string of the molecule is CCCCCCCC(N=C=S)S(=O)(=O)CC. The van der Waals surface area contributed by atoms with Crippen LogP contribution >= 0.6 is 12.2 Å². The standard InChI is InChI=1S/C11H21NO2S2/c1-3-5-6-7-8-9-11(12-10-15)16(13,14)4-2/h11H,3-9H2,1-2H3. The molecule has 0 bridgehead atoms. The molecule has 0 amide bonds. The highest BCUT2D eigenvalue weighted by molar-refractivity contribution is 7.92. The van der Waals surface area contributed by atoms with E-state index in [9.17, 15) is 8.42 Å². The molecule has 0 heterocycles. The third-order valence-electron chi connectivity index (χ3n) is 2.57. The topological polar surface area (TPSA) is 46.5 Å². The second-order valence-corrected chi connectivity index (χ2v) is 6.46. The third kappa shape index (κ3) is 6.36. The summed E-state index contributed by atoms with van der Waals surface area (Å²) in [5.74, 6) is 0.118. The van der Waals surface area contributed by atoms with Gasteiger partial charge in [0.2, 0.25) is 0 Å². The number of thiocarbonyl (C=S) groups is 1. The van der Waals surface area contributed by atoms with Crippen molar-refractivity contribution < 1.29 is 8.42 Å². The summed E-state index contributed by atoms with van der Waals surface area (Å²) in [4.78, 5) is 3.76. The second kappa shape index (κ2) is 8.85. The molecule has 0 rings (SSSR count). The predicted molar refractivity (Wildman–Crippen MR) is 71.7 cm³/mol. The van der Waals surface area contributed by atoms with Gasteiger partial charge >= 0.3 is 0 Å². The summed E-state index contributed by atoms with van der Waals surface area (Å²) in [6, 6.07) is 0. The van der Waals surface area contributed by atoms with Gasteiger partial charge in [-0.05, 0) is 18.6 Å². The van der Waals surface area contributed by atoms with Gasteiger partial charge in [0.05, 0.1) is 5.16 Å². The van der Waals surface area contributed by atoms with E-state index in [-0.39, 0.29) is 5.75 Å². The number of rotatable bonds is 9. The maximum absolute atomic E-state index is 11.6. The summed E-state index contributed by atoms with van der Waals surface area (Å²) < 4.78 is 23.3. The van der Waals surface area contributed by atoms with Gasteiger partial charge in [0.15, 0.2) is 15.2 Å². The number of nitrogens with zero attached hydrogens (tertiary/aromatic N) is 1. The van der Waals surface area contributed by atoms with E-state index in [4.69, 9.17) is 0 Å². The van der Waals surface area contributed by atoms with Gasteiger partial charge in [0.1, 0.15) is 0 Å². The quantitative estimate of drug-likeness (QED) is 0.364. The predicted octanol–water partition coefficient (Wildman–Crippen LogP) is 3.21. The van der Waals surface area contributed by atoms with Crippen molar-refractivity contribution in [3.63, 3.8) is 0 Å². The van der Waals surface area contributed by atoms with Crippen molar-refractivity contribution in [1.82, 2.24) is 0 Å². The lowest BCUT2D eigenvalue weighted by Crippen LogP contribution is -2.20. The van der Waals surface area contributed by atoms with Crippen molar-refractivity contribution in [2.75, 3.05) is 5.75 Å². The van der Waals surface area contributed by atoms with Gasteiger partial charge in [0, 0.05) is 5.75 Å². The van der Waals surface area contributed by atoms with Gasteiger partial charge in [0.25, 0.3) is 0 Å². The molecule has 0 aliphatic heterocycles. The molecule has 0 N–H and O–H groups in total. The molecule has 0 fully saturated rings. The Bertz CT molecular complexity index is 319. The molecule has 16 heavy (non-hydrogen) atoms. The van der Waals surface area contributed by atoms with Gasteiger partial charge in [-0.2, -0.15) is 0 Å². The van der Waals surface area contributed by atoms with Crippen LogP contribution in [0.4, 0.5) is 0 Å². The van der Waals surface area contributed by atoms with E-state index in [2.05, 4.69) is 29.3 Å². The molecule has 0 aromatic rings. The average Bonchev–Trinajstić information content (AvgIpc) is 2.27. The van der Waals surface area contributed by atoms with Gasteiger partial charge in [-0.15, -0.1) is 0 Å². The summed E-state index contributed by atoms with van der Waals surface area (Å²) in [5.41, 5.74) is 0. The van der Waals surface area contributed by atoms with Crippen LogP contribution in [0.3, 0.4) is 0 Å². The normalized spacial score (nSPS) is 13.1. The molecular formula is C11H21NO2S2. The average molecular weight is 263 g/mol. The molecule has 0 saturated heterocycles. The first-order chi connectivity index (χ1) is 7.58. The first-order valence-corrected chi connectivity index (χ1v) is 7.99. The van der Waals surface area contributed by atoms with Gasteiger partial charge in [-0.3, -0.25) is 0 Å². The Kier molecular flexibility index (Phi) is 8.71. The minimum atomic E-state index is -3.11. The molecule has 3 nitrogen and oxygen atoms in total. The Morgan fingerprint density at radius 2 is 1.81 bits per heavy atom. The molecule has 1 unspecified atom stereocenters. The summed E-state index contributed by atoms with van der Waals surface area (Å²) in [6.45, 7) is 3.79. The van der Waals surface area contributed by atoms with Gasteiger partial charge in [-0.25, -0.2) is 13.4 Å². The molecule has 0 spiro atoms. The molecule has 0 aliphatic carbocycles. The molecule has 0 aromatic heterocycles. The van der Waals surface area contributed by atoms with Crippen molar-refractivity contribution in [3.05, 3.63) is 0 Å². The number of sulfone groups is 1. The van der Waals surface area contributed by atoms with Crippen molar-refractivity contribution >= 4 is 27.2 Å². The lowest BCUT2D eigenvalue weighted by molar-refractivity contribution is 0.555. The van der Waals surface area contributed by atoms with E-state index in [1.54, 1.807) is 6.92 Å². The number of hydrogen-bond acceptors (Lipinski definition) is 4. The van der Waals surface area contributed by atoms with Crippen LogP contribution in [0, 0.1) is 0 Å². The highest BCUT2D eigenvalue weighted by atomic mass is 32.2. The van der Waals surface area contributed by atoms with E-state index in [1.807, 2.05) is 0 Å². The smallest absolute Gasteiger partial charge is 0.173 e. The van der Waals surface area contributed by atoms with Crippen molar-refractivity contribution in [3.8, 4) is 0 Å². The van der Waals surface area contributed by atoms with Gasteiger partial charge in [-0.1, -0.05) is 46.0 Å². The fourth-order valence-corrected chi connectivity index (χ4v) is 2.82. The van der Waals surface area contributed by atoms with Crippen LogP contribution in [0.15, 0.2) is 4.99 Å². The number of aliphatic imine (C=N–C) groups is 1. The van der Waals surface area contributed by atoms with Crippen molar-refractivity contribution in [2.45, 2.75) is 57.7 Å². The minimum absolute atomic E-state index is 0.118. The van der Waals surface area contributed by atoms with E-state index in [0.717, 1.165) is 19.3 Å². The van der Waals surface area contributed by atoms with E-state index >= 15 is 0 Å². The zero-order valence-corrected chi connectivity index (χ0v) is 11.7. The lowest BCUT2D eigenvalue weighted by Gasteiger charge is -2.10. The van der Waals surface area contributed by atoms with Crippen LogP contribution in [0.1, 0.15) is 52.4 Å². The van der Waals surface area contributed by atoms with Crippen LogP contribution in [0.5, 0.6) is 0 Å².